The minimum Gasteiger partial charge on any atom is -0.475 e. The van der Waals surface area contributed by atoms with Gasteiger partial charge in [-0.15, -0.1) is 0 Å². The van der Waals surface area contributed by atoms with Crippen LogP contribution in [0.4, 0.5) is 42.5 Å². The topological polar surface area (TPSA) is 152 Å². The van der Waals surface area contributed by atoms with Crippen LogP contribution >= 0.6 is 11.6 Å². The quantitative estimate of drug-likeness (QED) is 0.253. The van der Waals surface area contributed by atoms with Crippen molar-refractivity contribution in [2.45, 2.75) is 31.4 Å². The Bertz CT molecular complexity index is 1460. The highest BCUT2D eigenvalue weighted by Crippen LogP contribution is 2.23. The lowest BCUT2D eigenvalue weighted by molar-refractivity contribution is -0.193. The van der Waals surface area contributed by atoms with E-state index >= 15 is 0 Å². The van der Waals surface area contributed by atoms with E-state index in [0.717, 1.165) is 11.3 Å². The molecule has 4 N–H and O–H groups in total. The van der Waals surface area contributed by atoms with Crippen molar-refractivity contribution in [2.24, 2.45) is 0 Å². The first-order valence-corrected chi connectivity index (χ1v) is 13.7. The number of hydrogen-bond donors (Lipinski definition) is 4. The number of alkyl halides is 6. The Hall–Kier alpha value is -5.06. The molecule has 4 rings (SSSR count). The molecule has 0 aliphatic carbocycles. The first-order valence-electron chi connectivity index (χ1n) is 13.3. The molecule has 1 aliphatic heterocycles. The Morgan fingerprint density at radius 1 is 0.872 bits per heavy atom. The second-order valence-electron chi connectivity index (χ2n) is 9.59. The number of amides is 3. The maximum absolute atomic E-state index is 13.6. The van der Waals surface area contributed by atoms with Crippen molar-refractivity contribution < 1.29 is 55.7 Å². The number of carbonyl (C=O) groups is 4. The lowest BCUT2D eigenvalue weighted by Crippen LogP contribution is -2.57. The number of carbonyl (C=O) groups excluding carboxylic acids is 2. The van der Waals surface area contributed by atoms with Gasteiger partial charge in [0.25, 0.3) is 0 Å². The molecule has 1 aromatic heterocycles. The number of urea groups is 1. The number of pyridine rings is 1. The second kappa shape index (κ2) is 17.0. The van der Waals surface area contributed by atoms with E-state index in [2.05, 4.69) is 20.5 Å². The van der Waals surface area contributed by atoms with Gasteiger partial charge in [0, 0.05) is 42.6 Å². The summed E-state index contributed by atoms with van der Waals surface area (Å²) in [6, 6.07) is 18.8. The largest absolute Gasteiger partial charge is 0.490 e. The molecule has 2 aromatic carbocycles. The molecule has 0 bridgehead atoms. The van der Waals surface area contributed by atoms with Crippen LogP contribution < -0.4 is 15.5 Å². The highest BCUT2D eigenvalue weighted by molar-refractivity contribution is 6.30. The Labute approximate surface area is 268 Å². The molecule has 1 saturated heterocycles. The van der Waals surface area contributed by atoms with E-state index in [9.17, 15) is 35.9 Å². The zero-order valence-corrected chi connectivity index (χ0v) is 25.1. The standard InChI is InChI=1S/C25H26ClN5O2.2C2HF3O2/c1-18-17-30(22-8-5-13-27-16-22)14-15-31(18)24(32)23(19-6-3-2-4-7-19)29-25(33)28-21-11-9-20(26)10-12-21;2*3-2(4,5)1(6)7/h2-13,16,18,23H,14-15,17H2,1H3,(H2,28,29,33);2*(H,6,7)/t18?,23-;;/m1../s1. The molecule has 1 aliphatic rings. The summed E-state index contributed by atoms with van der Waals surface area (Å²) in [5.41, 5.74) is 2.36. The normalized spacial score (nSPS) is 15.1. The van der Waals surface area contributed by atoms with E-state index in [1.54, 1.807) is 30.5 Å². The fourth-order valence-corrected chi connectivity index (χ4v) is 4.12. The van der Waals surface area contributed by atoms with Gasteiger partial charge in [-0.2, -0.15) is 26.3 Å². The predicted molar refractivity (Wildman–Crippen MR) is 158 cm³/mol. The van der Waals surface area contributed by atoms with Gasteiger partial charge in [0.15, 0.2) is 0 Å². The summed E-state index contributed by atoms with van der Waals surface area (Å²) in [5, 5.41) is 20.5. The number of carboxylic acid groups (broad SMARTS) is 2. The second-order valence-corrected chi connectivity index (χ2v) is 10.0. The summed E-state index contributed by atoms with van der Waals surface area (Å²) >= 11 is 5.92. The molecule has 2 heterocycles. The first-order chi connectivity index (χ1) is 21.9. The Morgan fingerprint density at radius 2 is 1.43 bits per heavy atom. The van der Waals surface area contributed by atoms with E-state index < -0.39 is 36.4 Å². The lowest BCUT2D eigenvalue weighted by atomic mass is 10.0. The molecule has 1 fully saturated rings. The Morgan fingerprint density at radius 3 is 1.89 bits per heavy atom. The van der Waals surface area contributed by atoms with Crippen LogP contribution in [0.15, 0.2) is 79.1 Å². The maximum Gasteiger partial charge on any atom is 0.490 e. The fraction of sp³-hybridized carbons (Fsp3) is 0.276. The molecule has 0 spiro atoms. The molecule has 2 atom stereocenters. The number of nitrogens with zero attached hydrogens (tertiary/aromatic N) is 3. The third-order valence-electron chi connectivity index (χ3n) is 6.16. The van der Waals surface area contributed by atoms with Crippen molar-refractivity contribution in [1.29, 1.82) is 0 Å². The smallest absolute Gasteiger partial charge is 0.475 e. The number of hydrogen-bond acceptors (Lipinski definition) is 6. The van der Waals surface area contributed by atoms with Crippen LogP contribution in [0.1, 0.15) is 18.5 Å². The summed E-state index contributed by atoms with van der Waals surface area (Å²) in [4.78, 5) is 52.4. The minimum absolute atomic E-state index is 0.0289. The highest BCUT2D eigenvalue weighted by Gasteiger charge is 2.39. The molecular formula is C29H28ClF6N5O6. The monoisotopic (exact) mass is 691 g/mol. The molecule has 1 unspecified atom stereocenters. The highest BCUT2D eigenvalue weighted by atomic mass is 35.5. The van der Waals surface area contributed by atoms with Crippen LogP contribution in [0.2, 0.25) is 5.02 Å². The van der Waals surface area contributed by atoms with E-state index in [-0.39, 0.29) is 11.9 Å². The molecule has 3 amide bonds. The van der Waals surface area contributed by atoms with Crippen LogP contribution in [-0.4, -0.2) is 82.0 Å². The van der Waals surface area contributed by atoms with Crippen LogP contribution in [0.25, 0.3) is 0 Å². The number of nitrogens with one attached hydrogen (secondary N) is 2. The number of piperazine rings is 1. The van der Waals surface area contributed by atoms with E-state index in [0.29, 0.717) is 30.3 Å². The summed E-state index contributed by atoms with van der Waals surface area (Å²) in [7, 11) is 0. The zero-order chi connectivity index (χ0) is 35.4. The molecule has 3 aromatic rings. The third-order valence-corrected chi connectivity index (χ3v) is 6.42. The van der Waals surface area contributed by atoms with Gasteiger partial charge < -0.3 is 30.6 Å². The van der Waals surface area contributed by atoms with Crippen molar-refractivity contribution in [3.63, 3.8) is 0 Å². The zero-order valence-electron chi connectivity index (χ0n) is 24.3. The maximum atomic E-state index is 13.6. The van der Waals surface area contributed by atoms with Crippen LogP contribution in [-0.2, 0) is 14.4 Å². The average Bonchev–Trinajstić information content (AvgIpc) is 3.01. The van der Waals surface area contributed by atoms with Gasteiger partial charge in [0.05, 0.1) is 11.9 Å². The van der Waals surface area contributed by atoms with Gasteiger partial charge in [0.2, 0.25) is 5.91 Å². The number of halogens is 7. The minimum atomic E-state index is -5.08. The SMILES string of the molecule is CC1CN(c2cccnc2)CCN1C(=O)[C@H](NC(=O)Nc1ccc(Cl)cc1)c1ccccc1.O=C(O)C(F)(F)F.O=C(O)C(F)(F)F. The summed E-state index contributed by atoms with van der Waals surface area (Å²) in [5.74, 6) is -5.65. The van der Waals surface area contributed by atoms with Crippen molar-refractivity contribution in [3.05, 3.63) is 89.7 Å². The molecule has 11 nitrogen and oxygen atoms in total. The van der Waals surface area contributed by atoms with Gasteiger partial charge in [-0.05, 0) is 48.9 Å². The van der Waals surface area contributed by atoms with Crippen LogP contribution in [0.3, 0.4) is 0 Å². The number of anilines is 2. The average molecular weight is 692 g/mol. The molecular weight excluding hydrogens is 664 g/mol. The predicted octanol–water partition coefficient (Wildman–Crippen LogP) is 5.60. The molecule has 0 saturated carbocycles. The summed E-state index contributed by atoms with van der Waals surface area (Å²) in [6.07, 6.45) is -6.59. The van der Waals surface area contributed by atoms with Crippen molar-refractivity contribution in [2.75, 3.05) is 29.9 Å². The van der Waals surface area contributed by atoms with E-state index in [1.807, 2.05) is 60.5 Å². The third kappa shape index (κ3) is 12.7. The van der Waals surface area contributed by atoms with Gasteiger partial charge in [-0.3, -0.25) is 9.78 Å². The van der Waals surface area contributed by atoms with Gasteiger partial charge in [0.1, 0.15) is 6.04 Å². The van der Waals surface area contributed by atoms with Gasteiger partial charge in [-0.1, -0.05) is 41.9 Å². The van der Waals surface area contributed by atoms with Crippen molar-refractivity contribution >= 4 is 46.9 Å². The van der Waals surface area contributed by atoms with Crippen LogP contribution in [0.5, 0.6) is 0 Å². The Balaban J connectivity index is 0.000000459. The van der Waals surface area contributed by atoms with E-state index in [1.165, 1.54) is 0 Å². The number of rotatable bonds is 5. The number of aromatic nitrogens is 1. The number of benzene rings is 2. The molecule has 254 valence electrons. The number of aliphatic carboxylic acids is 2. The van der Waals surface area contributed by atoms with Crippen molar-refractivity contribution in [3.8, 4) is 0 Å². The summed E-state index contributed by atoms with van der Waals surface area (Å²) < 4.78 is 63.5. The van der Waals surface area contributed by atoms with Gasteiger partial charge in [-0.25, -0.2) is 14.4 Å². The molecule has 47 heavy (non-hydrogen) atoms. The fourth-order valence-electron chi connectivity index (χ4n) is 3.99. The Kier molecular flexibility index (Phi) is 13.8. The molecule has 0 radical (unpaired) electrons. The summed E-state index contributed by atoms with van der Waals surface area (Å²) in [6.45, 7) is 3.96. The van der Waals surface area contributed by atoms with E-state index in [4.69, 9.17) is 31.4 Å². The first kappa shape index (κ1) is 38.1. The molecule has 18 heteroatoms. The number of carboxylic acids is 2. The van der Waals surface area contributed by atoms with Gasteiger partial charge >= 0.3 is 30.3 Å². The van der Waals surface area contributed by atoms with Crippen LogP contribution in [0, 0.1) is 0 Å². The lowest BCUT2D eigenvalue weighted by Gasteiger charge is -2.42. The van der Waals surface area contributed by atoms with Crippen molar-refractivity contribution in [1.82, 2.24) is 15.2 Å².